The van der Waals surface area contributed by atoms with Crippen molar-refractivity contribution >= 4 is 11.6 Å². The lowest BCUT2D eigenvalue weighted by Gasteiger charge is -2.30. The second kappa shape index (κ2) is 4.87. The van der Waals surface area contributed by atoms with Crippen molar-refractivity contribution in [2.75, 3.05) is 0 Å². The molecule has 0 aliphatic carbocycles. The molecule has 1 aliphatic rings. The van der Waals surface area contributed by atoms with E-state index < -0.39 is 6.10 Å². The predicted octanol–water partition coefficient (Wildman–Crippen LogP) is 4.21. The number of ether oxygens (including phenoxy) is 1. The Morgan fingerprint density at radius 2 is 1.89 bits per heavy atom. The van der Waals surface area contributed by atoms with Gasteiger partial charge in [0.2, 0.25) is 0 Å². The summed E-state index contributed by atoms with van der Waals surface area (Å²) >= 11 is 5.89. The number of hydrogen-bond acceptors (Lipinski definition) is 2. The lowest BCUT2D eigenvalue weighted by atomic mass is 9.94. The highest BCUT2D eigenvalue weighted by molar-refractivity contribution is 6.30. The first kappa shape index (κ1) is 12.5. The summed E-state index contributed by atoms with van der Waals surface area (Å²) in [6, 6.07) is 13.5. The summed E-state index contributed by atoms with van der Waals surface area (Å²) in [6.45, 7) is 2.01. The third-order valence-electron chi connectivity index (χ3n) is 3.47. The van der Waals surface area contributed by atoms with E-state index in [1.54, 1.807) is 0 Å². The molecular weight excluding hydrogens is 260 g/mol. The first-order valence-electron chi connectivity index (χ1n) is 6.34. The van der Waals surface area contributed by atoms with Gasteiger partial charge in [0.1, 0.15) is 11.9 Å². The molecule has 98 valence electrons. The van der Waals surface area contributed by atoms with Crippen LogP contribution in [-0.2, 0) is 0 Å². The third kappa shape index (κ3) is 2.46. The fraction of sp³-hybridized carbons (Fsp3) is 0.250. The van der Waals surface area contributed by atoms with E-state index in [0.717, 1.165) is 22.4 Å². The van der Waals surface area contributed by atoms with Crippen molar-refractivity contribution in [3.63, 3.8) is 0 Å². The lowest BCUT2D eigenvalue weighted by Crippen LogP contribution is -2.19. The average Bonchev–Trinajstić information content (AvgIpc) is 2.40. The standard InChI is InChI=1S/C16H15ClO2/c1-10-2-7-15-13(8-10)14(18)9-16(19-15)11-3-5-12(17)6-4-11/h2-8,14,16,18H,9H2,1H3/t14-,16?/m0/s1. The van der Waals surface area contributed by atoms with Crippen LogP contribution in [0.15, 0.2) is 42.5 Å². The van der Waals surface area contributed by atoms with Crippen LogP contribution in [-0.4, -0.2) is 5.11 Å². The highest BCUT2D eigenvalue weighted by atomic mass is 35.5. The van der Waals surface area contributed by atoms with Gasteiger partial charge in [-0.05, 0) is 36.8 Å². The Labute approximate surface area is 117 Å². The second-order valence-electron chi connectivity index (χ2n) is 4.95. The van der Waals surface area contributed by atoms with Gasteiger partial charge in [-0.1, -0.05) is 35.4 Å². The molecule has 0 spiro atoms. The Hall–Kier alpha value is -1.51. The molecule has 0 amide bonds. The Morgan fingerprint density at radius 3 is 2.63 bits per heavy atom. The normalized spacial score (nSPS) is 21.6. The molecule has 1 unspecified atom stereocenters. The first-order chi connectivity index (χ1) is 9.13. The molecule has 0 aromatic heterocycles. The maximum absolute atomic E-state index is 10.3. The van der Waals surface area contributed by atoms with Crippen LogP contribution in [0.2, 0.25) is 5.02 Å². The fourth-order valence-electron chi connectivity index (χ4n) is 2.45. The Morgan fingerprint density at radius 1 is 1.16 bits per heavy atom. The summed E-state index contributed by atoms with van der Waals surface area (Å²) in [5.74, 6) is 0.768. The van der Waals surface area contributed by atoms with E-state index in [0.29, 0.717) is 11.4 Å². The summed E-state index contributed by atoms with van der Waals surface area (Å²) in [5.41, 5.74) is 3.05. The van der Waals surface area contributed by atoms with Crippen LogP contribution < -0.4 is 4.74 Å². The Kier molecular flexibility index (Phi) is 3.21. The third-order valence-corrected chi connectivity index (χ3v) is 3.72. The molecule has 2 aromatic rings. The maximum atomic E-state index is 10.3. The summed E-state index contributed by atoms with van der Waals surface area (Å²) in [5, 5.41) is 11.0. The molecule has 0 radical (unpaired) electrons. The molecule has 2 atom stereocenters. The van der Waals surface area contributed by atoms with E-state index in [4.69, 9.17) is 16.3 Å². The van der Waals surface area contributed by atoms with Gasteiger partial charge in [-0.15, -0.1) is 0 Å². The Balaban J connectivity index is 1.92. The molecule has 19 heavy (non-hydrogen) atoms. The molecule has 0 saturated carbocycles. The van der Waals surface area contributed by atoms with Crippen LogP contribution in [0.25, 0.3) is 0 Å². The Bertz CT molecular complexity index is 592. The molecule has 3 rings (SSSR count). The largest absolute Gasteiger partial charge is 0.485 e. The summed E-state index contributed by atoms with van der Waals surface area (Å²) in [4.78, 5) is 0. The van der Waals surface area contributed by atoms with Gasteiger partial charge in [-0.2, -0.15) is 0 Å². The van der Waals surface area contributed by atoms with Gasteiger partial charge >= 0.3 is 0 Å². The van der Waals surface area contributed by atoms with Crippen LogP contribution in [0.5, 0.6) is 5.75 Å². The van der Waals surface area contributed by atoms with Crippen molar-refractivity contribution in [2.24, 2.45) is 0 Å². The van der Waals surface area contributed by atoms with Crippen LogP contribution in [0.4, 0.5) is 0 Å². The number of aryl methyl sites for hydroxylation is 1. The summed E-state index contributed by atoms with van der Waals surface area (Å²) < 4.78 is 5.98. The van der Waals surface area contributed by atoms with Crippen molar-refractivity contribution in [1.29, 1.82) is 0 Å². The minimum absolute atomic E-state index is 0.123. The molecule has 1 aliphatic heterocycles. The van der Waals surface area contributed by atoms with Gasteiger partial charge in [-0.25, -0.2) is 0 Å². The quantitative estimate of drug-likeness (QED) is 0.844. The van der Waals surface area contributed by atoms with Crippen molar-refractivity contribution in [2.45, 2.75) is 25.6 Å². The number of fused-ring (bicyclic) bond motifs is 1. The van der Waals surface area contributed by atoms with Crippen molar-refractivity contribution in [3.8, 4) is 5.75 Å². The maximum Gasteiger partial charge on any atom is 0.127 e. The summed E-state index contributed by atoms with van der Waals surface area (Å²) in [7, 11) is 0. The van der Waals surface area contributed by atoms with E-state index in [-0.39, 0.29) is 6.10 Å². The molecular formula is C16H15ClO2. The van der Waals surface area contributed by atoms with Crippen LogP contribution in [0, 0.1) is 6.92 Å². The minimum Gasteiger partial charge on any atom is -0.485 e. The predicted molar refractivity (Wildman–Crippen MR) is 75.6 cm³/mol. The minimum atomic E-state index is -0.482. The molecule has 1 heterocycles. The van der Waals surface area contributed by atoms with Crippen LogP contribution in [0.3, 0.4) is 0 Å². The molecule has 2 aromatic carbocycles. The number of aliphatic hydroxyl groups excluding tert-OH is 1. The van der Waals surface area contributed by atoms with E-state index in [1.165, 1.54) is 0 Å². The SMILES string of the molecule is Cc1ccc2c(c1)[C@@H](O)CC(c1ccc(Cl)cc1)O2. The smallest absolute Gasteiger partial charge is 0.127 e. The zero-order valence-electron chi connectivity index (χ0n) is 10.6. The fourth-order valence-corrected chi connectivity index (χ4v) is 2.57. The van der Waals surface area contributed by atoms with Crippen LogP contribution >= 0.6 is 11.6 Å². The van der Waals surface area contributed by atoms with Gasteiger partial charge in [0.05, 0.1) is 6.10 Å². The van der Waals surface area contributed by atoms with Crippen molar-refractivity contribution < 1.29 is 9.84 Å². The molecule has 0 saturated heterocycles. The highest BCUT2D eigenvalue weighted by Crippen LogP contribution is 2.41. The zero-order valence-corrected chi connectivity index (χ0v) is 11.4. The molecule has 1 N–H and O–H groups in total. The zero-order chi connectivity index (χ0) is 13.4. The van der Waals surface area contributed by atoms with Crippen molar-refractivity contribution in [1.82, 2.24) is 0 Å². The van der Waals surface area contributed by atoms with Crippen molar-refractivity contribution in [3.05, 3.63) is 64.2 Å². The van der Waals surface area contributed by atoms with E-state index in [1.807, 2.05) is 49.4 Å². The second-order valence-corrected chi connectivity index (χ2v) is 5.39. The molecule has 3 heteroatoms. The number of rotatable bonds is 1. The van der Waals surface area contributed by atoms with E-state index in [9.17, 15) is 5.11 Å². The highest BCUT2D eigenvalue weighted by Gasteiger charge is 2.27. The number of benzene rings is 2. The monoisotopic (exact) mass is 274 g/mol. The number of aliphatic hydroxyl groups is 1. The summed E-state index contributed by atoms with van der Waals surface area (Å²) in [6.07, 6.45) is -0.0373. The molecule has 0 fully saturated rings. The molecule has 0 bridgehead atoms. The topological polar surface area (TPSA) is 29.5 Å². The van der Waals surface area contributed by atoms with Crippen LogP contribution in [0.1, 0.15) is 35.3 Å². The van der Waals surface area contributed by atoms with E-state index >= 15 is 0 Å². The van der Waals surface area contributed by atoms with Gasteiger partial charge in [0.25, 0.3) is 0 Å². The van der Waals surface area contributed by atoms with Gasteiger partial charge < -0.3 is 9.84 Å². The van der Waals surface area contributed by atoms with Gasteiger partial charge in [0.15, 0.2) is 0 Å². The number of hydrogen-bond donors (Lipinski definition) is 1. The lowest BCUT2D eigenvalue weighted by molar-refractivity contribution is 0.0657. The number of halogens is 1. The van der Waals surface area contributed by atoms with E-state index in [2.05, 4.69) is 0 Å². The van der Waals surface area contributed by atoms with Gasteiger partial charge in [0, 0.05) is 17.0 Å². The molecule has 2 nitrogen and oxygen atoms in total. The van der Waals surface area contributed by atoms with Gasteiger partial charge in [-0.3, -0.25) is 0 Å². The average molecular weight is 275 g/mol. The first-order valence-corrected chi connectivity index (χ1v) is 6.72.